The summed E-state index contributed by atoms with van der Waals surface area (Å²) in [4.78, 5) is 0. The van der Waals surface area contributed by atoms with Crippen molar-refractivity contribution in [2.45, 2.75) is 52.1 Å². The zero-order chi connectivity index (χ0) is 13.7. The molecule has 1 aromatic rings. The summed E-state index contributed by atoms with van der Waals surface area (Å²) in [5.74, 6) is 1.80. The fraction of sp³-hybridized carbons (Fsp3) is 0.556. The highest BCUT2D eigenvalue weighted by Gasteiger charge is 2.22. The van der Waals surface area contributed by atoms with E-state index in [0.29, 0.717) is 6.04 Å². The van der Waals surface area contributed by atoms with Crippen LogP contribution >= 0.6 is 0 Å². The Kier molecular flexibility index (Phi) is 5.21. The van der Waals surface area contributed by atoms with E-state index in [0.717, 1.165) is 18.4 Å². The summed E-state index contributed by atoms with van der Waals surface area (Å²) in [5, 5.41) is 3.71. The third kappa shape index (κ3) is 4.21. The average Bonchev–Trinajstić information content (AvgIpc) is 2.46. The summed E-state index contributed by atoms with van der Waals surface area (Å²) < 4.78 is 0. The molecule has 1 fully saturated rings. The Balaban J connectivity index is 1.78. The van der Waals surface area contributed by atoms with E-state index in [9.17, 15) is 0 Å². The highest BCUT2D eigenvalue weighted by Crippen LogP contribution is 2.29. The Hall–Kier alpha value is -1.08. The molecular formula is C18H27N. The fourth-order valence-electron chi connectivity index (χ4n) is 3.08. The van der Waals surface area contributed by atoms with Crippen molar-refractivity contribution in [3.63, 3.8) is 0 Å². The fourth-order valence-corrected chi connectivity index (χ4v) is 3.08. The monoisotopic (exact) mass is 257 g/mol. The minimum atomic E-state index is 0.711. The van der Waals surface area contributed by atoms with Gasteiger partial charge in [-0.25, -0.2) is 0 Å². The Bertz CT molecular complexity index is 400. The van der Waals surface area contributed by atoms with Gasteiger partial charge in [0.15, 0.2) is 0 Å². The van der Waals surface area contributed by atoms with Crippen molar-refractivity contribution < 1.29 is 0 Å². The third-order valence-electron chi connectivity index (χ3n) is 4.50. The van der Waals surface area contributed by atoms with Crippen LogP contribution in [0.3, 0.4) is 0 Å². The Morgan fingerprint density at radius 1 is 1.26 bits per heavy atom. The first-order valence-corrected chi connectivity index (χ1v) is 7.64. The van der Waals surface area contributed by atoms with E-state index in [-0.39, 0.29) is 0 Å². The van der Waals surface area contributed by atoms with Crippen molar-refractivity contribution in [2.24, 2.45) is 11.8 Å². The van der Waals surface area contributed by atoms with Crippen LogP contribution < -0.4 is 5.32 Å². The number of hydrogen-bond acceptors (Lipinski definition) is 1. The maximum atomic E-state index is 3.83. The van der Waals surface area contributed by atoms with Crippen molar-refractivity contribution >= 4 is 6.08 Å². The van der Waals surface area contributed by atoms with Crippen LogP contribution in [0.2, 0.25) is 0 Å². The van der Waals surface area contributed by atoms with Crippen LogP contribution in [0.25, 0.3) is 6.08 Å². The van der Waals surface area contributed by atoms with Gasteiger partial charge in [-0.15, -0.1) is 0 Å². The van der Waals surface area contributed by atoms with E-state index in [1.165, 1.54) is 36.8 Å². The SMILES string of the molecule is C=Cc1cccc(CNC2CCC(C(C)C)CC2)c1. The van der Waals surface area contributed by atoms with Crippen LogP contribution in [0.4, 0.5) is 0 Å². The predicted molar refractivity (Wildman–Crippen MR) is 84.0 cm³/mol. The Morgan fingerprint density at radius 3 is 2.63 bits per heavy atom. The van der Waals surface area contributed by atoms with Crippen LogP contribution in [0.5, 0.6) is 0 Å². The van der Waals surface area contributed by atoms with Crippen LogP contribution in [-0.2, 0) is 6.54 Å². The van der Waals surface area contributed by atoms with E-state index in [2.05, 4.69) is 50.0 Å². The maximum Gasteiger partial charge on any atom is 0.0208 e. The standard InChI is InChI=1S/C18H27N/c1-4-15-6-5-7-16(12-15)13-19-18-10-8-17(9-11-18)14(2)3/h4-7,12,14,17-19H,1,8-11,13H2,2-3H3. The summed E-state index contributed by atoms with van der Waals surface area (Å²) in [6, 6.07) is 9.34. The molecule has 0 amide bonds. The second-order valence-corrected chi connectivity index (χ2v) is 6.19. The van der Waals surface area contributed by atoms with E-state index in [1.807, 2.05) is 6.08 Å². The molecule has 2 rings (SSSR count). The van der Waals surface area contributed by atoms with Crippen molar-refractivity contribution in [3.05, 3.63) is 42.0 Å². The van der Waals surface area contributed by atoms with E-state index in [4.69, 9.17) is 0 Å². The molecule has 0 heterocycles. The zero-order valence-electron chi connectivity index (χ0n) is 12.4. The molecule has 0 bridgehead atoms. The van der Waals surface area contributed by atoms with Crippen LogP contribution in [-0.4, -0.2) is 6.04 Å². The molecule has 1 aromatic carbocycles. The lowest BCUT2D eigenvalue weighted by Gasteiger charge is -2.31. The summed E-state index contributed by atoms with van der Waals surface area (Å²) >= 11 is 0. The van der Waals surface area contributed by atoms with Gasteiger partial charge >= 0.3 is 0 Å². The first kappa shape index (κ1) is 14.3. The quantitative estimate of drug-likeness (QED) is 0.810. The molecule has 0 radical (unpaired) electrons. The summed E-state index contributed by atoms with van der Waals surface area (Å²) in [6.45, 7) is 9.53. The number of benzene rings is 1. The van der Waals surface area contributed by atoms with Crippen LogP contribution in [0.15, 0.2) is 30.8 Å². The van der Waals surface area contributed by atoms with E-state index < -0.39 is 0 Å². The molecule has 0 spiro atoms. The van der Waals surface area contributed by atoms with Crippen molar-refractivity contribution in [1.29, 1.82) is 0 Å². The van der Waals surface area contributed by atoms with Crippen molar-refractivity contribution in [3.8, 4) is 0 Å². The predicted octanol–water partition coefficient (Wildman–Crippen LogP) is 4.63. The molecule has 1 heteroatoms. The van der Waals surface area contributed by atoms with Crippen molar-refractivity contribution in [2.75, 3.05) is 0 Å². The molecule has 0 saturated heterocycles. The lowest BCUT2D eigenvalue weighted by Crippen LogP contribution is -2.33. The molecule has 1 aliphatic rings. The Morgan fingerprint density at radius 2 is 2.00 bits per heavy atom. The van der Waals surface area contributed by atoms with Crippen LogP contribution in [0, 0.1) is 11.8 Å². The molecule has 0 aromatic heterocycles. The van der Waals surface area contributed by atoms with Gasteiger partial charge in [-0.2, -0.15) is 0 Å². The van der Waals surface area contributed by atoms with Gasteiger partial charge in [0.25, 0.3) is 0 Å². The zero-order valence-corrected chi connectivity index (χ0v) is 12.4. The van der Waals surface area contributed by atoms with Gasteiger partial charge in [-0.05, 0) is 48.6 Å². The summed E-state index contributed by atoms with van der Waals surface area (Å²) in [7, 11) is 0. The molecule has 0 aliphatic heterocycles. The summed E-state index contributed by atoms with van der Waals surface area (Å²) in [6.07, 6.45) is 7.37. The topological polar surface area (TPSA) is 12.0 Å². The molecule has 1 aliphatic carbocycles. The second kappa shape index (κ2) is 6.91. The van der Waals surface area contributed by atoms with Gasteiger partial charge in [-0.3, -0.25) is 0 Å². The minimum Gasteiger partial charge on any atom is -0.310 e. The molecular weight excluding hydrogens is 230 g/mol. The number of nitrogens with one attached hydrogen (secondary N) is 1. The van der Waals surface area contributed by atoms with Crippen LogP contribution in [0.1, 0.15) is 50.7 Å². The molecule has 0 unspecified atom stereocenters. The lowest BCUT2D eigenvalue weighted by atomic mass is 9.80. The molecule has 1 N–H and O–H groups in total. The largest absolute Gasteiger partial charge is 0.310 e. The highest BCUT2D eigenvalue weighted by atomic mass is 14.9. The normalized spacial score (nSPS) is 23.5. The van der Waals surface area contributed by atoms with Gasteiger partial charge in [0.2, 0.25) is 0 Å². The average molecular weight is 257 g/mol. The van der Waals surface area contributed by atoms with Gasteiger partial charge in [0.1, 0.15) is 0 Å². The number of hydrogen-bond donors (Lipinski definition) is 1. The van der Waals surface area contributed by atoms with Gasteiger partial charge in [-0.1, -0.05) is 50.8 Å². The number of rotatable bonds is 5. The molecule has 19 heavy (non-hydrogen) atoms. The lowest BCUT2D eigenvalue weighted by molar-refractivity contribution is 0.238. The van der Waals surface area contributed by atoms with Gasteiger partial charge in [0, 0.05) is 12.6 Å². The Labute approximate surface area is 118 Å². The second-order valence-electron chi connectivity index (χ2n) is 6.19. The smallest absolute Gasteiger partial charge is 0.0208 e. The first-order chi connectivity index (χ1) is 9.19. The van der Waals surface area contributed by atoms with E-state index in [1.54, 1.807) is 0 Å². The maximum absolute atomic E-state index is 3.83. The minimum absolute atomic E-state index is 0.711. The van der Waals surface area contributed by atoms with E-state index >= 15 is 0 Å². The summed E-state index contributed by atoms with van der Waals surface area (Å²) in [5.41, 5.74) is 2.58. The molecule has 0 atom stereocenters. The molecule has 104 valence electrons. The third-order valence-corrected chi connectivity index (χ3v) is 4.50. The molecule has 1 saturated carbocycles. The van der Waals surface area contributed by atoms with Gasteiger partial charge < -0.3 is 5.32 Å². The molecule has 1 nitrogen and oxygen atoms in total. The first-order valence-electron chi connectivity index (χ1n) is 7.64. The van der Waals surface area contributed by atoms with Gasteiger partial charge in [0.05, 0.1) is 0 Å². The van der Waals surface area contributed by atoms with Crippen molar-refractivity contribution in [1.82, 2.24) is 5.32 Å². The highest BCUT2D eigenvalue weighted by molar-refractivity contribution is 5.47.